The third kappa shape index (κ3) is 3.07. The molecule has 1 unspecified atom stereocenters. The Labute approximate surface area is 104 Å². The van der Waals surface area contributed by atoms with Crippen molar-refractivity contribution < 1.29 is 4.74 Å². The number of aromatic nitrogens is 2. The second-order valence-corrected chi connectivity index (χ2v) is 5.50. The molecule has 1 aromatic heterocycles. The molecule has 0 aliphatic rings. The summed E-state index contributed by atoms with van der Waals surface area (Å²) in [5, 5.41) is 4.26. The molecule has 1 atom stereocenters. The van der Waals surface area contributed by atoms with Crippen LogP contribution in [0.2, 0.25) is 0 Å². The summed E-state index contributed by atoms with van der Waals surface area (Å²) < 4.78 is 8.24. The molecule has 1 aromatic rings. The van der Waals surface area contributed by atoms with Crippen LogP contribution in [0.4, 0.5) is 5.82 Å². The molecule has 5 heteroatoms. The Morgan fingerprint density at radius 3 is 2.67 bits per heavy atom. The van der Waals surface area contributed by atoms with Crippen molar-refractivity contribution in [3.05, 3.63) is 9.77 Å². The van der Waals surface area contributed by atoms with E-state index < -0.39 is 0 Å². The number of halogens is 1. The first-order valence-corrected chi connectivity index (χ1v) is 5.99. The van der Waals surface area contributed by atoms with Crippen LogP contribution in [-0.2, 0) is 4.74 Å². The van der Waals surface area contributed by atoms with E-state index in [4.69, 9.17) is 10.5 Å². The largest absolute Gasteiger partial charge is 0.383 e. The third-order valence-electron chi connectivity index (χ3n) is 2.54. The Morgan fingerprint density at radius 1 is 1.67 bits per heavy atom. The van der Waals surface area contributed by atoms with Gasteiger partial charge in [-0.3, -0.25) is 0 Å². The van der Waals surface area contributed by atoms with Gasteiger partial charge in [0.15, 0.2) is 0 Å². The van der Waals surface area contributed by atoms with Gasteiger partial charge < -0.3 is 10.5 Å². The highest BCUT2D eigenvalue weighted by Gasteiger charge is 2.22. The number of methoxy groups -OCH3 is 1. The van der Waals surface area contributed by atoms with E-state index in [1.807, 2.05) is 4.68 Å². The van der Waals surface area contributed by atoms with Crippen LogP contribution >= 0.6 is 22.6 Å². The molecule has 0 amide bonds. The molecule has 0 bridgehead atoms. The van der Waals surface area contributed by atoms with Crippen molar-refractivity contribution in [1.82, 2.24) is 9.78 Å². The highest BCUT2D eigenvalue weighted by Crippen LogP contribution is 2.26. The van der Waals surface area contributed by atoms with Crippen LogP contribution in [0, 0.1) is 3.57 Å². The van der Waals surface area contributed by atoms with Crippen molar-refractivity contribution in [1.29, 1.82) is 0 Å². The molecule has 0 aliphatic carbocycles. The molecule has 15 heavy (non-hydrogen) atoms. The first kappa shape index (κ1) is 12.8. The summed E-state index contributed by atoms with van der Waals surface area (Å²) in [6, 6.07) is 0.239. The van der Waals surface area contributed by atoms with Crippen LogP contribution in [0.15, 0.2) is 6.20 Å². The van der Waals surface area contributed by atoms with Gasteiger partial charge in [-0.2, -0.15) is 5.10 Å². The topological polar surface area (TPSA) is 53.1 Å². The number of rotatable bonds is 4. The van der Waals surface area contributed by atoms with Gasteiger partial charge in [0.25, 0.3) is 0 Å². The Bertz CT molecular complexity index is 335. The predicted octanol–water partition coefficient (Wildman–Crippen LogP) is 2.45. The predicted molar refractivity (Wildman–Crippen MR) is 69.8 cm³/mol. The highest BCUT2D eigenvalue weighted by molar-refractivity contribution is 14.1. The molecule has 0 fully saturated rings. The molecule has 0 aliphatic heterocycles. The molecule has 0 spiro atoms. The van der Waals surface area contributed by atoms with Gasteiger partial charge in [-0.05, 0) is 49.8 Å². The number of hydrogen-bond acceptors (Lipinski definition) is 3. The van der Waals surface area contributed by atoms with E-state index in [0.717, 1.165) is 15.8 Å². The van der Waals surface area contributed by atoms with Crippen LogP contribution in [0.3, 0.4) is 0 Å². The fourth-order valence-corrected chi connectivity index (χ4v) is 1.95. The van der Waals surface area contributed by atoms with Gasteiger partial charge in [0.05, 0.1) is 21.4 Å². The molecular formula is C10H18IN3O. The first-order chi connectivity index (χ1) is 6.87. The quantitative estimate of drug-likeness (QED) is 0.866. The van der Waals surface area contributed by atoms with E-state index in [1.165, 1.54) is 0 Å². The van der Waals surface area contributed by atoms with E-state index in [2.05, 4.69) is 48.5 Å². The second kappa shape index (κ2) is 4.69. The first-order valence-electron chi connectivity index (χ1n) is 4.91. The number of hydrogen-bond donors (Lipinski definition) is 1. The van der Waals surface area contributed by atoms with Crippen LogP contribution in [0.1, 0.15) is 33.2 Å². The lowest BCUT2D eigenvalue weighted by molar-refractivity contribution is 0.00443. The van der Waals surface area contributed by atoms with Gasteiger partial charge in [-0.15, -0.1) is 0 Å². The Kier molecular flexibility index (Phi) is 3.99. The lowest BCUT2D eigenvalue weighted by Gasteiger charge is -2.27. The Morgan fingerprint density at radius 2 is 2.27 bits per heavy atom. The van der Waals surface area contributed by atoms with Gasteiger partial charge in [-0.25, -0.2) is 4.68 Å². The zero-order valence-corrected chi connectivity index (χ0v) is 11.8. The molecule has 1 heterocycles. The van der Waals surface area contributed by atoms with Gasteiger partial charge in [0.1, 0.15) is 5.82 Å². The molecule has 0 aromatic carbocycles. The fraction of sp³-hybridized carbons (Fsp3) is 0.700. The van der Waals surface area contributed by atoms with E-state index in [-0.39, 0.29) is 11.6 Å². The van der Waals surface area contributed by atoms with Crippen molar-refractivity contribution in [2.24, 2.45) is 0 Å². The smallest absolute Gasteiger partial charge is 0.135 e. The summed E-state index contributed by atoms with van der Waals surface area (Å²) in [5.74, 6) is 0.731. The number of nitrogen functional groups attached to an aromatic ring is 1. The average molecular weight is 323 g/mol. The maximum absolute atomic E-state index is 5.92. The van der Waals surface area contributed by atoms with Gasteiger partial charge >= 0.3 is 0 Å². The van der Waals surface area contributed by atoms with Crippen molar-refractivity contribution >= 4 is 28.4 Å². The maximum Gasteiger partial charge on any atom is 0.135 e. The van der Waals surface area contributed by atoms with Crippen molar-refractivity contribution in [3.8, 4) is 0 Å². The van der Waals surface area contributed by atoms with Crippen molar-refractivity contribution in [2.45, 2.75) is 38.8 Å². The molecule has 4 nitrogen and oxygen atoms in total. The number of anilines is 1. The van der Waals surface area contributed by atoms with Crippen molar-refractivity contribution in [2.75, 3.05) is 12.8 Å². The zero-order valence-electron chi connectivity index (χ0n) is 9.62. The molecule has 0 saturated heterocycles. The van der Waals surface area contributed by atoms with Gasteiger partial charge in [0.2, 0.25) is 0 Å². The minimum atomic E-state index is -0.150. The summed E-state index contributed by atoms with van der Waals surface area (Å²) >= 11 is 2.19. The summed E-state index contributed by atoms with van der Waals surface area (Å²) in [4.78, 5) is 0. The summed E-state index contributed by atoms with van der Waals surface area (Å²) in [7, 11) is 1.73. The zero-order chi connectivity index (χ0) is 11.6. The third-order valence-corrected chi connectivity index (χ3v) is 3.38. The van der Waals surface area contributed by atoms with E-state index in [0.29, 0.717) is 0 Å². The van der Waals surface area contributed by atoms with Gasteiger partial charge in [0, 0.05) is 7.11 Å². The number of ether oxygens (including phenoxy) is 1. The molecule has 0 saturated carbocycles. The lowest BCUT2D eigenvalue weighted by Crippen LogP contribution is -2.27. The second-order valence-electron chi connectivity index (χ2n) is 4.34. The molecule has 0 radical (unpaired) electrons. The van der Waals surface area contributed by atoms with Crippen LogP contribution in [0.5, 0.6) is 0 Å². The summed E-state index contributed by atoms with van der Waals surface area (Å²) in [6.45, 7) is 6.22. The van der Waals surface area contributed by atoms with Crippen LogP contribution in [0.25, 0.3) is 0 Å². The fourth-order valence-electron chi connectivity index (χ4n) is 1.58. The minimum Gasteiger partial charge on any atom is -0.383 e. The van der Waals surface area contributed by atoms with E-state index in [1.54, 1.807) is 13.3 Å². The number of nitrogens with two attached hydrogens (primary N) is 1. The molecule has 86 valence electrons. The van der Waals surface area contributed by atoms with Crippen molar-refractivity contribution in [3.63, 3.8) is 0 Å². The molecule has 2 N–H and O–H groups in total. The minimum absolute atomic E-state index is 0.150. The highest BCUT2D eigenvalue weighted by atomic mass is 127. The molecular weight excluding hydrogens is 305 g/mol. The summed E-state index contributed by atoms with van der Waals surface area (Å²) in [5.41, 5.74) is 5.77. The summed E-state index contributed by atoms with van der Waals surface area (Å²) in [6.07, 6.45) is 2.66. The van der Waals surface area contributed by atoms with E-state index in [9.17, 15) is 0 Å². The molecule has 1 rings (SSSR count). The average Bonchev–Trinajstić information content (AvgIpc) is 2.47. The maximum atomic E-state index is 5.92. The van der Waals surface area contributed by atoms with E-state index >= 15 is 0 Å². The SMILES string of the molecule is COC(C)(C)CC(C)n1ncc(I)c1N. The standard InChI is InChI=1S/C10H18IN3O/c1-7(5-10(2,3)15-4)14-9(12)8(11)6-13-14/h6-7H,5,12H2,1-4H3. The number of nitrogens with zero attached hydrogens (tertiary/aromatic N) is 2. The van der Waals surface area contributed by atoms with Crippen LogP contribution < -0.4 is 5.73 Å². The lowest BCUT2D eigenvalue weighted by atomic mass is 10.00. The monoisotopic (exact) mass is 323 g/mol. The Balaban J connectivity index is 2.77. The van der Waals surface area contributed by atoms with Gasteiger partial charge in [-0.1, -0.05) is 0 Å². The van der Waals surface area contributed by atoms with Crippen LogP contribution in [-0.4, -0.2) is 22.5 Å². The Hall–Kier alpha value is -0.300. The normalized spacial score (nSPS) is 14.2.